The normalized spacial score (nSPS) is 19.3. The third kappa shape index (κ3) is 6.02. The van der Waals surface area contributed by atoms with E-state index in [2.05, 4.69) is 4.72 Å². The summed E-state index contributed by atoms with van der Waals surface area (Å²) >= 11 is 23.7. The van der Waals surface area contributed by atoms with Gasteiger partial charge in [-0.2, -0.15) is 0 Å². The fourth-order valence-corrected chi connectivity index (χ4v) is 9.21. The molecule has 1 saturated heterocycles. The molecule has 3 aromatic carbocycles. The van der Waals surface area contributed by atoms with Crippen LogP contribution in [-0.2, 0) is 29.9 Å². The summed E-state index contributed by atoms with van der Waals surface area (Å²) in [6.45, 7) is 0. The van der Waals surface area contributed by atoms with Gasteiger partial charge in [0, 0.05) is 5.69 Å². The summed E-state index contributed by atoms with van der Waals surface area (Å²) in [7, 11) is -12.3. The van der Waals surface area contributed by atoms with Gasteiger partial charge >= 0.3 is 0 Å². The maximum atomic E-state index is 13.7. The smallest absolute Gasteiger partial charge is 0.264 e. The van der Waals surface area contributed by atoms with Crippen molar-refractivity contribution < 1.29 is 30.4 Å². The molecule has 0 saturated carbocycles. The second kappa shape index (κ2) is 10.7. The first kappa shape index (κ1) is 29.2. The molecule has 0 aromatic heterocycles. The zero-order valence-corrected chi connectivity index (χ0v) is 24.4. The summed E-state index contributed by atoms with van der Waals surface area (Å²) in [5.74, 6) is -1.24. The third-order valence-corrected chi connectivity index (χ3v) is 12.0. The van der Waals surface area contributed by atoms with Crippen molar-refractivity contribution in [2.75, 3.05) is 20.5 Å². The lowest BCUT2D eigenvalue weighted by molar-refractivity contribution is 0.184. The van der Waals surface area contributed by atoms with Gasteiger partial charge in [0.15, 0.2) is 9.84 Å². The van der Waals surface area contributed by atoms with Crippen molar-refractivity contribution in [3.8, 4) is 0 Å². The number of hydrogen-bond donors (Lipinski definition) is 2. The number of hydrogen-bond acceptors (Lipinski definition) is 7. The molecule has 0 amide bonds. The molecule has 0 aliphatic carbocycles. The van der Waals surface area contributed by atoms with Crippen LogP contribution in [0.4, 0.5) is 11.4 Å². The zero-order chi connectivity index (χ0) is 28.0. The first-order valence-corrected chi connectivity index (χ1v) is 16.8. The van der Waals surface area contributed by atoms with Gasteiger partial charge in [-0.1, -0.05) is 46.4 Å². The van der Waals surface area contributed by atoms with Crippen molar-refractivity contribution in [2.45, 2.75) is 21.9 Å². The van der Waals surface area contributed by atoms with Crippen molar-refractivity contribution in [3.05, 3.63) is 80.8 Å². The minimum atomic E-state index is -4.46. The molecule has 204 valence electrons. The maximum absolute atomic E-state index is 13.7. The summed E-state index contributed by atoms with van der Waals surface area (Å²) in [4.78, 5) is -0.438. The Labute approximate surface area is 239 Å². The molecule has 1 aliphatic rings. The van der Waals surface area contributed by atoms with Crippen molar-refractivity contribution in [1.29, 1.82) is 0 Å². The van der Waals surface area contributed by atoms with Gasteiger partial charge < -0.3 is 5.11 Å². The molecule has 38 heavy (non-hydrogen) atoms. The van der Waals surface area contributed by atoms with E-state index in [1.54, 1.807) is 0 Å². The minimum Gasteiger partial charge on any atom is -0.390 e. The number of aliphatic hydroxyl groups is 1. The predicted molar refractivity (Wildman–Crippen MR) is 148 cm³/mol. The quantitative estimate of drug-likeness (QED) is 0.382. The number of rotatable bonds is 7. The Morgan fingerprint density at radius 2 is 1.29 bits per heavy atom. The van der Waals surface area contributed by atoms with Gasteiger partial charge in [0.25, 0.3) is 20.0 Å². The number of anilines is 2. The van der Waals surface area contributed by atoms with E-state index in [4.69, 9.17) is 46.4 Å². The van der Waals surface area contributed by atoms with E-state index in [0.717, 1.165) is 10.4 Å². The number of nitrogens with one attached hydrogen (secondary N) is 1. The molecule has 16 heteroatoms. The molecule has 4 rings (SSSR count). The van der Waals surface area contributed by atoms with E-state index in [1.165, 1.54) is 54.6 Å². The van der Waals surface area contributed by atoms with E-state index in [1.807, 2.05) is 0 Å². The lowest BCUT2D eigenvalue weighted by Crippen LogP contribution is -2.47. The molecule has 0 radical (unpaired) electrons. The van der Waals surface area contributed by atoms with E-state index in [9.17, 15) is 30.4 Å². The Balaban J connectivity index is 1.73. The van der Waals surface area contributed by atoms with Crippen LogP contribution in [0.2, 0.25) is 20.1 Å². The lowest BCUT2D eigenvalue weighted by atomic mass is 10.2. The Bertz CT molecular complexity index is 1720. The molecular formula is C22H18Cl4N2O7S3. The standard InChI is InChI=1S/C22H18Cl4N2O7S3/c23-17-7-5-15(9-19(17)25)37(32,33)27-13-1-3-14(4-2-13)28(21-11-36(30,31)12-22(21)29)38(34,35)16-6-8-18(24)20(26)10-16/h1-10,21-22,27,29H,11-12H2/t21-,22-/m0/s1. The summed E-state index contributed by atoms with van der Waals surface area (Å²) in [6, 6.07) is 11.1. The van der Waals surface area contributed by atoms with Gasteiger partial charge in [0.2, 0.25) is 0 Å². The second-order valence-electron chi connectivity index (χ2n) is 8.32. The highest BCUT2D eigenvalue weighted by Gasteiger charge is 2.45. The number of aliphatic hydroxyl groups excluding tert-OH is 1. The zero-order valence-electron chi connectivity index (χ0n) is 18.9. The number of nitrogens with zero attached hydrogens (tertiary/aromatic N) is 1. The Morgan fingerprint density at radius 3 is 1.79 bits per heavy atom. The van der Waals surface area contributed by atoms with Gasteiger partial charge in [-0.05, 0) is 60.7 Å². The van der Waals surface area contributed by atoms with Crippen LogP contribution in [0.1, 0.15) is 0 Å². The highest BCUT2D eigenvalue weighted by molar-refractivity contribution is 7.93. The Hall–Kier alpha value is -1.77. The number of sulfonamides is 2. The van der Waals surface area contributed by atoms with E-state index < -0.39 is 53.5 Å². The van der Waals surface area contributed by atoms with E-state index in [0.29, 0.717) is 0 Å². The Kier molecular flexibility index (Phi) is 8.20. The highest BCUT2D eigenvalue weighted by Crippen LogP contribution is 2.34. The van der Waals surface area contributed by atoms with Crippen molar-refractivity contribution in [1.82, 2.24) is 0 Å². The molecule has 0 bridgehead atoms. The van der Waals surface area contributed by atoms with Crippen LogP contribution in [0, 0.1) is 0 Å². The van der Waals surface area contributed by atoms with Gasteiger partial charge in [0.05, 0.1) is 59.2 Å². The van der Waals surface area contributed by atoms with Crippen LogP contribution >= 0.6 is 46.4 Å². The summed E-state index contributed by atoms with van der Waals surface area (Å²) in [6.07, 6.45) is -1.51. The van der Waals surface area contributed by atoms with Crippen LogP contribution in [0.25, 0.3) is 0 Å². The average Bonchev–Trinajstić information content (AvgIpc) is 3.09. The maximum Gasteiger partial charge on any atom is 0.264 e. The van der Waals surface area contributed by atoms with Gasteiger partial charge in [-0.3, -0.25) is 9.03 Å². The van der Waals surface area contributed by atoms with Crippen molar-refractivity contribution in [3.63, 3.8) is 0 Å². The SMILES string of the molecule is O=S1(=O)C[C@H](O)[C@@H](N(c2ccc(NS(=O)(=O)c3ccc(Cl)c(Cl)c3)cc2)S(=O)(=O)c2ccc(Cl)c(Cl)c2)C1. The molecule has 9 nitrogen and oxygen atoms in total. The predicted octanol–water partition coefficient (Wildman–Crippen LogP) is 4.45. The molecule has 2 atom stereocenters. The molecule has 1 aliphatic heterocycles. The van der Waals surface area contributed by atoms with Crippen LogP contribution < -0.4 is 9.03 Å². The van der Waals surface area contributed by atoms with E-state index >= 15 is 0 Å². The molecule has 2 N–H and O–H groups in total. The summed E-state index contributed by atoms with van der Waals surface area (Å²) in [5.41, 5.74) is 0.0565. The topological polar surface area (TPSA) is 138 Å². The number of benzene rings is 3. The average molecular weight is 660 g/mol. The molecular weight excluding hydrogens is 642 g/mol. The van der Waals surface area contributed by atoms with Crippen LogP contribution in [0.5, 0.6) is 0 Å². The number of halogens is 4. The van der Waals surface area contributed by atoms with Crippen molar-refractivity contribution in [2.24, 2.45) is 0 Å². The van der Waals surface area contributed by atoms with Crippen LogP contribution in [0.15, 0.2) is 70.5 Å². The van der Waals surface area contributed by atoms with Crippen LogP contribution in [0.3, 0.4) is 0 Å². The van der Waals surface area contributed by atoms with Gasteiger partial charge in [-0.15, -0.1) is 0 Å². The minimum absolute atomic E-state index is 0.0188. The largest absolute Gasteiger partial charge is 0.390 e. The molecule has 0 unspecified atom stereocenters. The fraction of sp³-hybridized carbons (Fsp3) is 0.182. The first-order valence-electron chi connectivity index (χ1n) is 10.6. The first-order chi connectivity index (χ1) is 17.6. The highest BCUT2D eigenvalue weighted by atomic mass is 35.5. The molecule has 1 fully saturated rings. The Morgan fingerprint density at radius 1 is 0.763 bits per heavy atom. The lowest BCUT2D eigenvalue weighted by Gasteiger charge is -2.31. The number of sulfone groups is 1. The second-order valence-corrected chi connectivity index (χ2v) is 15.6. The molecule has 0 spiro atoms. The summed E-state index contributed by atoms with van der Waals surface area (Å²) in [5, 5.41) is 10.8. The fourth-order valence-electron chi connectivity index (χ4n) is 3.83. The van der Waals surface area contributed by atoms with Crippen LogP contribution in [-0.4, -0.2) is 54.0 Å². The molecule has 1 heterocycles. The third-order valence-electron chi connectivity index (χ3n) is 5.62. The van der Waals surface area contributed by atoms with E-state index in [-0.39, 0.29) is 41.3 Å². The van der Waals surface area contributed by atoms with Gasteiger partial charge in [0.1, 0.15) is 0 Å². The van der Waals surface area contributed by atoms with Gasteiger partial charge in [-0.25, -0.2) is 25.3 Å². The monoisotopic (exact) mass is 658 g/mol. The molecule has 3 aromatic rings. The summed E-state index contributed by atoms with van der Waals surface area (Å²) < 4.78 is 80.5. The van der Waals surface area contributed by atoms with Crippen molar-refractivity contribution >= 4 is 87.7 Å².